The van der Waals surface area contributed by atoms with Crippen LogP contribution in [0.5, 0.6) is 5.75 Å². The van der Waals surface area contributed by atoms with Crippen molar-refractivity contribution in [3.8, 4) is 5.75 Å². The molecule has 0 heterocycles. The third kappa shape index (κ3) is 6.77. The first kappa shape index (κ1) is 20.5. The summed E-state index contributed by atoms with van der Waals surface area (Å²) in [4.78, 5) is 25.8. The van der Waals surface area contributed by atoms with Gasteiger partial charge in [0, 0.05) is 26.4 Å². The van der Waals surface area contributed by atoms with Gasteiger partial charge in [0.1, 0.15) is 5.75 Å². The summed E-state index contributed by atoms with van der Waals surface area (Å²) in [7, 11) is 0. The molecule has 5 nitrogen and oxygen atoms in total. The van der Waals surface area contributed by atoms with E-state index in [9.17, 15) is 9.59 Å². The lowest BCUT2D eigenvalue weighted by atomic mass is 10.1. The van der Waals surface area contributed by atoms with Crippen molar-refractivity contribution in [2.45, 2.75) is 33.1 Å². The summed E-state index contributed by atoms with van der Waals surface area (Å²) in [6.07, 6.45) is 2.08. The number of nitrogens with zero attached hydrogens (tertiary/aromatic N) is 1. The second-order valence-corrected chi connectivity index (χ2v) is 6.26. The Bertz CT molecular complexity index is 731. The number of hydrogen-bond donors (Lipinski definition) is 1. The van der Waals surface area contributed by atoms with E-state index < -0.39 is 0 Å². The van der Waals surface area contributed by atoms with Crippen LogP contribution in [0.1, 0.15) is 32.3 Å². The van der Waals surface area contributed by atoms with E-state index in [1.807, 2.05) is 49.4 Å². The molecule has 0 aliphatic heterocycles. The van der Waals surface area contributed by atoms with Gasteiger partial charge in [-0.1, -0.05) is 42.5 Å². The molecule has 2 aromatic rings. The number of carbonyl (C=O) groups excluding carboxylic acids is 2. The van der Waals surface area contributed by atoms with Crippen molar-refractivity contribution >= 4 is 17.5 Å². The van der Waals surface area contributed by atoms with Crippen molar-refractivity contribution in [1.82, 2.24) is 5.32 Å². The average Bonchev–Trinajstić information content (AvgIpc) is 2.67. The van der Waals surface area contributed by atoms with Gasteiger partial charge >= 0.3 is 0 Å². The number of rotatable bonds is 10. The maximum atomic E-state index is 12.1. The fourth-order valence-electron chi connectivity index (χ4n) is 2.87. The largest absolute Gasteiger partial charge is 0.492 e. The molecule has 0 saturated heterocycles. The number of para-hydroxylation sites is 2. The van der Waals surface area contributed by atoms with Crippen molar-refractivity contribution in [1.29, 1.82) is 0 Å². The van der Waals surface area contributed by atoms with Crippen LogP contribution in [0.2, 0.25) is 0 Å². The lowest BCUT2D eigenvalue weighted by Gasteiger charge is -2.23. The Kier molecular flexibility index (Phi) is 8.36. The van der Waals surface area contributed by atoms with Crippen molar-refractivity contribution < 1.29 is 14.3 Å². The van der Waals surface area contributed by atoms with Gasteiger partial charge in [-0.3, -0.25) is 9.59 Å². The van der Waals surface area contributed by atoms with Gasteiger partial charge in [0.15, 0.2) is 0 Å². The summed E-state index contributed by atoms with van der Waals surface area (Å²) in [5.41, 5.74) is 1.96. The molecule has 2 aromatic carbocycles. The summed E-state index contributed by atoms with van der Waals surface area (Å²) in [5, 5.41) is 2.93. The van der Waals surface area contributed by atoms with Gasteiger partial charge in [0.25, 0.3) is 0 Å². The minimum Gasteiger partial charge on any atom is -0.492 e. The number of carbonyl (C=O) groups is 2. The highest BCUT2D eigenvalue weighted by atomic mass is 16.5. The second kappa shape index (κ2) is 11.0. The number of nitrogens with one attached hydrogen (secondary N) is 1. The van der Waals surface area contributed by atoms with Gasteiger partial charge in [-0.2, -0.15) is 0 Å². The number of hydrogen-bond acceptors (Lipinski definition) is 3. The third-order valence-electron chi connectivity index (χ3n) is 4.21. The standard InChI is InChI=1S/C22H28N2O3/c1-3-27-21-14-8-7-13-20(21)24(18(2)25)17-15-22(26)23-16-9-12-19-10-5-4-6-11-19/h4-8,10-11,13-14H,3,9,12,15-17H2,1-2H3,(H,23,26). The molecule has 0 fully saturated rings. The molecule has 5 heteroatoms. The summed E-state index contributed by atoms with van der Waals surface area (Å²) in [6.45, 7) is 4.87. The molecule has 0 bridgehead atoms. The predicted octanol–water partition coefficient (Wildman–Crippen LogP) is 3.58. The van der Waals surface area contributed by atoms with Crippen LogP contribution in [0.3, 0.4) is 0 Å². The average molecular weight is 368 g/mol. The van der Waals surface area contributed by atoms with Crippen LogP contribution in [0.4, 0.5) is 5.69 Å². The van der Waals surface area contributed by atoms with Gasteiger partial charge in [-0.05, 0) is 37.5 Å². The van der Waals surface area contributed by atoms with E-state index >= 15 is 0 Å². The first-order valence-corrected chi connectivity index (χ1v) is 9.42. The van der Waals surface area contributed by atoms with Crippen LogP contribution >= 0.6 is 0 Å². The highest BCUT2D eigenvalue weighted by molar-refractivity contribution is 5.93. The summed E-state index contributed by atoms with van der Waals surface area (Å²) in [6, 6.07) is 17.6. The third-order valence-corrected chi connectivity index (χ3v) is 4.21. The Hall–Kier alpha value is -2.82. The van der Waals surface area contributed by atoms with Gasteiger partial charge in [0.05, 0.1) is 12.3 Å². The summed E-state index contributed by atoms with van der Waals surface area (Å²) < 4.78 is 5.60. The van der Waals surface area contributed by atoms with Gasteiger partial charge in [-0.15, -0.1) is 0 Å². The van der Waals surface area contributed by atoms with E-state index in [4.69, 9.17) is 4.74 Å². The molecule has 0 spiro atoms. The lowest BCUT2D eigenvalue weighted by molar-refractivity contribution is -0.121. The monoisotopic (exact) mass is 368 g/mol. The van der Waals surface area contributed by atoms with E-state index in [0.717, 1.165) is 12.8 Å². The molecule has 2 rings (SSSR count). The van der Waals surface area contributed by atoms with Crippen LogP contribution in [0.25, 0.3) is 0 Å². The number of benzene rings is 2. The Labute approximate surface area is 161 Å². The summed E-state index contributed by atoms with van der Waals surface area (Å²) in [5.74, 6) is 0.487. The molecular formula is C22H28N2O3. The van der Waals surface area contributed by atoms with Crippen LogP contribution in [-0.2, 0) is 16.0 Å². The molecule has 0 saturated carbocycles. The van der Waals surface area contributed by atoms with Crippen LogP contribution < -0.4 is 15.0 Å². The quantitative estimate of drug-likeness (QED) is 0.652. The van der Waals surface area contributed by atoms with E-state index in [1.54, 1.807) is 4.90 Å². The Morgan fingerprint density at radius 2 is 1.74 bits per heavy atom. The molecule has 1 N–H and O–H groups in total. The molecule has 0 aliphatic rings. The van der Waals surface area contributed by atoms with Crippen molar-refractivity contribution in [3.63, 3.8) is 0 Å². The zero-order valence-corrected chi connectivity index (χ0v) is 16.1. The Morgan fingerprint density at radius 1 is 1.04 bits per heavy atom. The maximum Gasteiger partial charge on any atom is 0.223 e. The van der Waals surface area contributed by atoms with Crippen LogP contribution in [0.15, 0.2) is 54.6 Å². The van der Waals surface area contributed by atoms with E-state index in [1.165, 1.54) is 12.5 Å². The van der Waals surface area contributed by atoms with Crippen molar-refractivity contribution in [2.24, 2.45) is 0 Å². The molecule has 27 heavy (non-hydrogen) atoms. The first-order valence-electron chi connectivity index (χ1n) is 9.42. The van der Waals surface area contributed by atoms with Crippen molar-refractivity contribution in [3.05, 3.63) is 60.2 Å². The molecule has 0 radical (unpaired) electrons. The second-order valence-electron chi connectivity index (χ2n) is 6.26. The SMILES string of the molecule is CCOc1ccccc1N(CCC(=O)NCCCc1ccccc1)C(C)=O. The van der Waals surface area contributed by atoms with Crippen molar-refractivity contribution in [2.75, 3.05) is 24.6 Å². The minimum absolute atomic E-state index is 0.0526. The molecular weight excluding hydrogens is 340 g/mol. The molecule has 0 atom stereocenters. The highest BCUT2D eigenvalue weighted by Crippen LogP contribution is 2.28. The molecule has 144 valence electrons. The topological polar surface area (TPSA) is 58.6 Å². The molecule has 0 unspecified atom stereocenters. The van der Waals surface area contributed by atoms with Gasteiger partial charge in [-0.25, -0.2) is 0 Å². The zero-order valence-electron chi connectivity index (χ0n) is 16.1. The van der Waals surface area contributed by atoms with E-state index in [-0.39, 0.29) is 18.2 Å². The van der Waals surface area contributed by atoms with Crippen LogP contribution in [-0.4, -0.2) is 31.5 Å². The number of anilines is 1. The number of aryl methyl sites for hydroxylation is 1. The van der Waals surface area contributed by atoms with E-state index in [2.05, 4.69) is 17.4 Å². The lowest BCUT2D eigenvalue weighted by Crippen LogP contribution is -2.34. The molecule has 2 amide bonds. The van der Waals surface area contributed by atoms with Gasteiger partial charge in [0.2, 0.25) is 11.8 Å². The predicted molar refractivity (Wildman–Crippen MR) is 108 cm³/mol. The van der Waals surface area contributed by atoms with E-state index in [0.29, 0.717) is 31.1 Å². The number of ether oxygens (including phenoxy) is 1. The Balaban J connectivity index is 1.81. The first-order chi connectivity index (χ1) is 13.1. The highest BCUT2D eigenvalue weighted by Gasteiger charge is 2.17. The van der Waals surface area contributed by atoms with Gasteiger partial charge < -0.3 is 15.0 Å². The fraction of sp³-hybridized carbons (Fsp3) is 0.364. The van der Waals surface area contributed by atoms with Crippen LogP contribution in [0, 0.1) is 0 Å². The number of amides is 2. The normalized spacial score (nSPS) is 10.3. The molecule has 0 aliphatic carbocycles. The smallest absolute Gasteiger partial charge is 0.223 e. The minimum atomic E-state index is -0.112. The fourth-order valence-corrected chi connectivity index (χ4v) is 2.87. The zero-order chi connectivity index (χ0) is 19.5. The summed E-state index contributed by atoms with van der Waals surface area (Å²) >= 11 is 0. The maximum absolute atomic E-state index is 12.1. The Morgan fingerprint density at radius 3 is 2.44 bits per heavy atom. The molecule has 0 aromatic heterocycles.